The van der Waals surface area contributed by atoms with E-state index >= 15 is 0 Å². The largest absolute Gasteiger partial charge is 0.337 e. The third-order valence-electron chi connectivity index (χ3n) is 4.43. The standard InChI is InChI=1S/C20H19N9O/c1-12-4-5-15(6-16(12)24-13(2)30)25-17-7-19(26-18-10-28(3)11-22-18)29-20(27-17)14(8-21)9-23-29/h4-7,9-11H,1-3H3,(H3,23,24,25,26,27,30)/p+1. The fourth-order valence-electron chi connectivity index (χ4n) is 3.03. The number of carbonyl (C=O) groups is 1. The molecule has 0 aliphatic heterocycles. The highest BCUT2D eigenvalue weighted by molar-refractivity contribution is 5.90. The number of anilines is 5. The van der Waals surface area contributed by atoms with Gasteiger partial charge in [-0.15, -0.1) is 4.52 Å². The number of aromatic amines is 1. The Morgan fingerprint density at radius 2 is 2.10 bits per heavy atom. The third kappa shape index (κ3) is 3.77. The van der Waals surface area contributed by atoms with Crippen LogP contribution >= 0.6 is 0 Å². The summed E-state index contributed by atoms with van der Waals surface area (Å²) in [6, 6.07) is 9.58. The van der Waals surface area contributed by atoms with Crippen LogP contribution in [-0.4, -0.2) is 25.5 Å². The lowest BCUT2D eigenvalue weighted by Gasteiger charge is -2.10. The van der Waals surface area contributed by atoms with E-state index in [1.807, 2.05) is 42.9 Å². The molecule has 0 unspecified atom stereocenters. The molecule has 1 aromatic carbocycles. The maximum absolute atomic E-state index is 11.4. The number of hydrogen-bond acceptors (Lipinski definition) is 6. The number of nitrogens with zero attached hydrogens (tertiary/aromatic N) is 5. The molecule has 4 aromatic rings. The molecule has 0 aliphatic rings. The molecule has 0 spiro atoms. The van der Waals surface area contributed by atoms with Crippen molar-refractivity contribution in [3.8, 4) is 6.07 Å². The highest BCUT2D eigenvalue weighted by atomic mass is 16.1. The first-order chi connectivity index (χ1) is 14.4. The summed E-state index contributed by atoms with van der Waals surface area (Å²) in [7, 11) is 1.88. The van der Waals surface area contributed by atoms with Gasteiger partial charge in [0.1, 0.15) is 11.6 Å². The summed E-state index contributed by atoms with van der Waals surface area (Å²) in [5.41, 5.74) is 3.29. The van der Waals surface area contributed by atoms with Crippen LogP contribution in [0.15, 0.2) is 43.0 Å². The van der Waals surface area contributed by atoms with Crippen molar-refractivity contribution in [2.75, 3.05) is 16.0 Å². The van der Waals surface area contributed by atoms with Gasteiger partial charge >= 0.3 is 5.65 Å². The second-order valence-electron chi connectivity index (χ2n) is 6.87. The summed E-state index contributed by atoms with van der Waals surface area (Å²) in [5.74, 6) is 1.69. The van der Waals surface area contributed by atoms with Crippen LogP contribution < -0.4 is 20.5 Å². The van der Waals surface area contributed by atoms with Crippen LogP contribution in [0.3, 0.4) is 0 Å². The van der Waals surface area contributed by atoms with E-state index in [2.05, 4.69) is 37.1 Å². The number of hydrogen-bond donors (Lipinski definition) is 4. The van der Waals surface area contributed by atoms with Crippen LogP contribution in [0.25, 0.3) is 5.65 Å². The Morgan fingerprint density at radius 3 is 2.80 bits per heavy atom. The van der Waals surface area contributed by atoms with Gasteiger partial charge in [0.25, 0.3) is 5.82 Å². The average Bonchev–Trinajstić information content (AvgIpc) is 3.30. The van der Waals surface area contributed by atoms with Gasteiger partial charge in [-0.25, -0.2) is 10.1 Å². The molecule has 0 aliphatic carbocycles. The van der Waals surface area contributed by atoms with Crippen LogP contribution in [0.1, 0.15) is 18.1 Å². The SMILES string of the molecule is CC(=O)Nc1cc(Nc2cc(Nc3cn(C)cn3)[n+]3[nH]cc(C#N)c3n2)ccc1C. The highest BCUT2D eigenvalue weighted by Crippen LogP contribution is 2.24. The Balaban J connectivity index is 1.74. The number of fused-ring (bicyclic) bond motifs is 1. The first-order valence-electron chi connectivity index (χ1n) is 9.17. The van der Waals surface area contributed by atoms with E-state index < -0.39 is 0 Å². The molecule has 0 fully saturated rings. The molecule has 0 radical (unpaired) electrons. The number of nitrogens with one attached hydrogen (secondary N) is 4. The van der Waals surface area contributed by atoms with Crippen molar-refractivity contribution < 1.29 is 9.31 Å². The minimum Gasteiger partial charge on any atom is -0.337 e. The van der Waals surface area contributed by atoms with Crippen molar-refractivity contribution >= 4 is 40.4 Å². The monoisotopic (exact) mass is 402 g/mol. The molecule has 4 rings (SSSR count). The topological polar surface area (TPSA) is 128 Å². The van der Waals surface area contributed by atoms with Gasteiger partial charge in [-0.2, -0.15) is 5.26 Å². The van der Waals surface area contributed by atoms with E-state index in [0.717, 1.165) is 11.3 Å². The number of imidazole rings is 1. The lowest BCUT2D eigenvalue weighted by molar-refractivity contribution is -0.563. The van der Waals surface area contributed by atoms with Crippen LogP contribution in [0.5, 0.6) is 0 Å². The highest BCUT2D eigenvalue weighted by Gasteiger charge is 2.19. The lowest BCUT2D eigenvalue weighted by atomic mass is 10.1. The van der Waals surface area contributed by atoms with Crippen molar-refractivity contribution in [2.45, 2.75) is 13.8 Å². The molecule has 1 amide bonds. The molecule has 10 nitrogen and oxygen atoms in total. The zero-order valence-electron chi connectivity index (χ0n) is 16.7. The summed E-state index contributed by atoms with van der Waals surface area (Å²) in [6.07, 6.45) is 5.13. The molecule has 0 atom stereocenters. The molecule has 150 valence electrons. The Labute approximate surface area is 172 Å². The third-order valence-corrected chi connectivity index (χ3v) is 4.43. The number of carbonyl (C=O) groups excluding carboxylic acids is 1. The van der Waals surface area contributed by atoms with Gasteiger partial charge in [0.05, 0.1) is 24.8 Å². The Morgan fingerprint density at radius 1 is 1.27 bits per heavy atom. The molecule has 0 saturated heterocycles. The lowest BCUT2D eigenvalue weighted by Crippen LogP contribution is -2.28. The summed E-state index contributed by atoms with van der Waals surface area (Å²) < 4.78 is 3.51. The van der Waals surface area contributed by atoms with Crippen LogP contribution in [0.2, 0.25) is 0 Å². The van der Waals surface area contributed by atoms with Crippen LogP contribution in [-0.2, 0) is 11.8 Å². The van der Waals surface area contributed by atoms with E-state index in [1.54, 1.807) is 23.1 Å². The van der Waals surface area contributed by atoms with Crippen LogP contribution in [0, 0.1) is 18.3 Å². The summed E-state index contributed by atoms with van der Waals surface area (Å²) in [5, 5.41) is 21.7. The minimum atomic E-state index is -0.140. The smallest absolute Gasteiger partial charge is 0.306 e. The molecule has 3 heterocycles. The Bertz CT molecular complexity index is 1300. The van der Waals surface area contributed by atoms with E-state index in [-0.39, 0.29) is 5.91 Å². The Kier molecular flexibility index (Phi) is 4.77. The number of aromatic nitrogens is 5. The number of nitriles is 1. The second-order valence-corrected chi connectivity index (χ2v) is 6.87. The molecule has 0 bridgehead atoms. The van der Waals surface area contributed by atoms with E-state index in [9.17, 15) is 10.1 Å². The predicted molar refractivity (Wildman–Crippen MR) is 112 cm³/mol. The van der Waals surface area contributed by atoms with Crippen molar-refractivity contribution in [1.82, 2.24) is 19.6 Å². The van der Waals surface area contributed by atoms with Crippen molar-refractivity contribution in [1.29, 1.82) is 5.26 Å². The molecular weight excluding hydrogens is 382 g/mol. The summed E-state index contributed by atoms with van der Waals surface area (Å²) in [6.45, 7) is 3.39. The Hall–Kier alpha value is -4.39. The van der Waals surface area contributed by atoms with E-state index in [0.29, 0.717) is 34.4 Å². The molecule has 0 saturated carbocycles. The molecule has 30 heavy (non-hydrogen) atoms. The van der Waals surface area contributed by atoms with Crippen molar-refractivity contribution in [3.63, 3.8) is 0 Å². The summed E-state index contributed by atoms with van der Waals surface area (Å²) in [4.78, 5) is 20.3. The number of amides is 1. The van der Waals surface area contributed by atoms with Gasteiger partial charge in [0.15, 0.2) is 0 Å². The first-order valence-corrected chi connectivity index (χ1v) is 9.17. The summed E-state index contributed by atoms with van der Waals surface area (Å²) >= 11 is 0. The fraction of sp³-hybridized carbons (Fsp3) is 0.150. The minimum absolute atomic E-state index is 0.140. The number of benzene rings is 1. The number of H-pyrrole nitrogens is 1. The normalized spacial score (nSPS) is 10.6. The zero-order valence-corrected chi connectivity index (χ0v) is 16.7. The van der Waals surface area contributed by atoms with Gasteiger partial charge in [-0.05, 0) is 24.6 Å². The molecule has 10 heteroatoms. The number of aryl methyl sites for hydroxylation is 2. The fourth-order valence-corrected chi connectivity index (χ4v) is 3.03. The van der Waals surface area contributed by atoms with Gasteiger partial charge in [0, 0.05) is 25.3 Å². The van der Waals surface area contributed by atoms with Gasteiger partial charge in [-0.1, -0.05) is 11.1 Å². The predicted octanol–water partition coefficient (Wildman–Crippen LogP) is 2.51. The van der Waals surface area contributed by atoms with Gasteiger partial charge in [-0.3, -0.25) is 10.1 Å². The van der Waals surface area contributed by atoms with Crippen molar-refractivity contribution in [3.05, 3.63) is 54.1 Å². The maximum atomic E-state index is 11.4. The maximum Gasteiger partial charge on any atom is 0.306 e. The van der Waals surface area contributed by atoms with E-state index in [1.165, 1.54) is 6.92 Å². The first kappa shape index (κ1) is 18.9. The van der Waals surface area contributed by atoms with Crippen LogP contribution in [0.4, 0.5) is 28.8 Å². The quantitative estimate of drug-likeness (QED) is 0.380. The number of rotatable bonds is 5. The van der Waals surface area contributed by atoms with Gasteiger partial charge in [0.2, 0.25) is 17.5 Å². The second kappa shape index (κ2) is 7.56. The molecular formula is C20H20N9O+. The van der Waals surface area contributed by atoms with Gasteiger partial charge < -0.3 is 15.2 Å². The zero-order chi connectivity index (χ0) is 21.3. The van der Waals surface area contributed by atoms with Crippen molar-refractivity contribution in [2.24, 2.45) is 7.05 Å². The average molecular weight is 402 g/mol. The van der Waals surface area contributed by atoms with E-state index in [4.69, 9.17) is 0 Å². The molecule has 3 aromatic heterocycles. The molecule has 4 N–H and O–H groups in total.